The Morgan fingerprint density at radius 2 is 1.35 bits per heavy atom. The van der Waals surface area contributed by atoms with Crippen molar-refractivity contribution in [3.05, 3.63) is 126 Å². The summed E-state index contributed by atoms with van der Waals surface area (Å²) in [6.45, 7) is 1.98. The van der Waals surface area contributed by atoms with E-state index in [-0.39, 0.29) is 16.8 Å². The average molecular weight is 598 g/mol. The Balaban J connectivity index is 1.21. The van der Waals surface area contributed by atoms with Gasteiger partial charge < -0.3 is 14.8 Å². The van der Waals surface area contributed by atoms with Crippen molar-refractivity contribution >= 4 is 27.7 Å². The second-order valence-corrected chi connectivity index (χ2v) is 12.1. The minimum atomic E-state index is -3.69. The topological polar surface area (TPSA) is 88.2 Å². The van der Waals surface area contributed by atoms with Crippen LogP contribution in [0.1, 0.15) is 22.7 Å². The van der Waals surface area contributed by atoms with E-state index in [0.717, 1.165) is 5.56 Å². The first-order valence-electron chi connectivity index (χ1n) is 14.0. The molecule has 0 atom stereocenters. The lowest BCUT2D eigenvalue weighted by Crippen LogP contribution is -2.49. The average Bonchev–Trinajstić information content (AvgIpc) is 3.05. The zero-order valence-corrected chi connectivity index (χ0v) is 25.0. The first-order chi connectivity index (χ1) is 20.9. The summed E-state index contributed by atoms with van der Waals surface area (Å²) < 4.78 is 39.0. The smallest absolute Gasteiger partial charge is 0.248 e. The molecule has 0 spiro atoms. The SMILES string of the molecule is COc1ccc(/C=C/C(=O)Nc2ccc(S(=O)(=O)N3CCN(C(c4ccccc4)c4ccccc4)CC3)cc2)cc1OC. The van der Waals surface area contributed by atoms with Gasteiger partial charge in [-0.2, -0.15) is 4.31 Å². The summed E-state index contributed by atoms with van der Waals surface area (Å²) in [4.78, 5) is 15.0. The number of nitrogens with one attached hydrogen (secondary N) is 1. The van der Waals surface area contributed by atoms with Gasteiger partial charge in [-0.3, -0.25) is 9.69 Å². The predicted octanol–water partition coefficient (Wildman–Crippen LogP) is 5.45. The molecule has 0 bridgehead atoms. The Bertz CT molecular complexity index is 1610. The minimum absolute atomic E-state index is 0.0518. The molecule has 43 heavy (non-hydrogen) atoms. The van der Waals surface area contributed by atoms with Crippen molar-refractivity contribution in [2.45, 2.75) is 10.9 Å². The van der Waals surface area contributed by atoms with Crippen LogP contribution in [0.2, 0.25) is 0 Å². The van der Waals surface area contributed by atoms with Crippen molar-refractivity contribution in [2.24, 2.45) is 0 Å². The van der Waals surface area contributed by atoms with E-state index in [1.54, 1.807) is 44.6 Å². The van der Waals surface area contributed by atoms with Crippen LogP contribution in [0.4, 0.5) is 5.69 Å². The Labute approximate surface area is 253 Å². The number of nitrogens with zero attached hydrogens (tertiary/aromatic N) is 2. The fourth-order valence-corrected chi connectivity index (χ4v) is 6.68. The lowest BCUT2D eigenvalue weighted by Gasteiger charge is -2.39. The van der Waals surface area contributed by atoms with Crippen molar-refractivity contribution < 1.29 is 22.7 Å². The zero-order valence-electron chi connectivity index (χ0n) is 24.2. The predicted molar refractivity (Wildman–Crippen MR) is 169 cm³/mol. The second kappa shape index (κ2) is 13.7. The van der Waals surface area contributed by atoms with Gasteiger partial charge in [0.15, 0.2) is 11.5 Å². The van der Waals surface area contributed by atoms with E-state index in [9.17, 15) is 13.2 Å². The Morgan fingerprint density at radius 1 is 0.767 bits per heavy atom. The van der Waals surface area contributed by atoms with Gasteiger partial charge in [0.1, 0.15) is 0 Å². The fraction of sp³-hybridized carbons (Fsp3) is 0.206. The molecular formula is C34H35N3O5S. The molecule has 0 aromatic heterocycles. The summed E-state index contributed by atoms with van der Waals surface area (Å²) in [6, 6.07) is 32.3. The van der Waals surface area contributed by atoms with Crippen LogP contribution in [-0.2, 0) is 14.8 Å². The molecular weight excluding hydrogens is 562 g/mol. The molecule has 1 N–H and O–H groups in total. The van der Waals surface area contributed by atoms with E-state index < -0.39 is 10.0 Å². The van der Waals surface area contributed by atoms with Crippen LogP contribution >= 0.6 is 0 Å². The molecule has 4 aromatic carbocycles. The molecule has 0 unspecified atom stereocenters. The molecule has 1 fully saturated rings. The highest BCUT2D eigenvalue weighted by molar-refractivity contribution is 7.89. The van der Waals surface area contributed by atoms with Gasteiger partial charge in [-0.1, -0.05) is 66.7 Å². The van der Waals surface area contributed by atoms with E-state index in [1.165, 1.54) is 33.6 Å². The molecule has 1 heterocycles. The molecule has 1 amide bonds. The summed E-state index contributed by atoms with van der Waals surface area (Å²) in [5, 5.41) is 2.77. The van der Waals surface area contributed by atoms with Gasteiger partial charge in [-0.15, -0.1) is 0 Å². The number of carbonyl (C=O) groups excluding carboxylic acids is 1. The second-order valence-electron chi connectivity index (χ2n) is 10.1. The first-order valence-corrected chi connectivity index (χ1v) is 15.5. The maximum absolute atomic E-state index is 13.5. The summed E-state index contributed by atoms with van der Waals surface area (Å²) in [6.07, 6.45) is 3.07. The molecule has 5 rings (SSSR count). The molecule has 9 heteroatoms. The number of hydrogen-bond donors (Lipinski definition) is 1. The van der Waals surface area contributed by atoms with Crippen LogP contribution in [0.15, 0.2) is 114 Å². The molecule has 0 radical (unpaired) electrons. The van der Waals surface area contributed by atoms with Gasteiger partial charge in [-0.25, -0.2) is 8.42 Å². The normalized spacial score (nSPS) is 14.6. The molecule has 1 aliphatic heterocycles. The number of anilines is 1. The number of sulfonamides is 1. The highest BCUT2D eigenvalue weighted by atomic mass is 32.2. The third-order valence-electron chi connectivity index (χ3n) is 7.46. The van der Waals surface area contributed by atoms with Crippen molar-refractivity contribution in [1.29, 1.82) is 0 Å². The number of hydrogen-bond acceptors (Lipinski definition) is 6. The molecule has 0 aliphatic carbocycles. The molecule has 222 valence electrons. The highest BCUT2D eigenvalue weighted by Crippen LogP contribution is 2.31. The Hall–Kier alpha value is -4.44. The minimum Gasteiger partial charge on any atom is -0.493 e. The quantitative estimate of drug-likeness (QED) is 0.245. The number of piperazine rings is 1. The number of rotatable bonds is 10. The number of benzene rings is 4. The number of methoxy groups -OCH3 is 2. The van der Waals surface area contributed by atoms with E-state index >= 15 is 0 Å². The van der Waals surface area contributed by atoms with Gasteiger partial charge in [-0.05, 0) is 59.2 Å². The van der Waals surface area contributed by atoms with Crippen molar-refractivity contribution in [3.8, 4) is 11.5 Å². The molecule has 0 saturated carbocycles. The van der Waals surface area contributed by atoms with Crippen molar-refractivity contribution in [3.63, 3.8) is 0 Å². The monoisotopic (exact) mass is 597 g/mol. The fourth-order valence-electron chi connectivity index (χ4n) is 5.26. The Kier molecular flexibility index (Phi) is 9.56. The number of amides is 1. The number of carbonyl (C=O) groups is 1. The largest absolute Gasteiger partial charge is 0.493 e. The molecule has 8 nitrogen and oxygen atoms in total. The van der Waals surface area contributed by atoms with Gasteiger partial charge in [0.05, 0.1) is 25.2 Å². The number of ether oxygens (including phenoxy) is 2. The van der Waals surface area contributed by atoms with Crippen LogP contribution in [0, 0.1) is 0 Å². The van der Waals surface area contributed by atoms with Gasteiger partial charge >= 0.3 is 0 Å². The maximum atomic E-state index is 13.5. The van der Waals surface area contributed by atoms with Crippen molar-refractivity contribution in [1.82, 2.24) is 9.21 Å². The third kappa shape index (κ3) is 7.14. The van der Waals surface area contributed by atoms with Gasteiger partial charge in [0, 0.05) is 37.9 Å². The van der Waals surface area contributed by atoms with E-state index in [2.05, 4.69) is 34.5 Å². The molecule has 1 saturated heterocycles. The molecule has 4 aromatic rings. The van der Waals surface area contributed by atoms with Crippen molar-refractivity contribution in [2.75, 3.05) is 45.7 Å². The summed E-state index contributed by atoms with van der Waals surface area (Å²) in [5.74, 6) is 0.827. The van der Waals surface area contributed by atoms with E-state index in [1.807, 2.05) is 42.5 Å². The van der Waals surface area contributed by atoms with Gasteiger partial charge in [0.25, 0.3) is 0 Å². The highest BCUT2D eigenvalue weighted by Gasteiger charge is 2.32. The molecule has 1 aliphatic rings. The summed E-state index contributed by atoms with van der Waals surface area (Å²) >= 11 is 0. The van der Waals surface area contributed by atoms with Crippen LogP contribution in [0.5, 0.6) is 11.5 Å². The van der Waals surface area contributed by atoms with Gasteiger partial charge in [0.2, 0.25) is 15.9 Å². The van der Waals surface area contributed by atoms with Crippen LogP contribution in [0.25, 0.3) is 6.08 Å². The summed E-state index contributed by atoms with van der Waals surface area (Å²) in [5.41, 5.74) is 3.63. The van der Waals surface area contributed by atoms with Crippen LogP contribution < -0.4 is 14.8 Å². The lowest BCUT2D eigenvalue weighted by molar-refractivity contribution is -0.111. The van der Waals surface area contributed by atoms with Crippen LogP contribution in [-0.4, -0.2) is 63.9 Å². The Morgan fingerprint density at radius 3 is 1.91 bits per heavy atom. The van der Waals surface area contributed by atoms with E-state index in [4.69, 9.17) is 9.47 Å². The third-order valence-corrected chi connectivity index (χ3v) is 9.38. The standard InChI is InChI=1S/C34H35N3O5S/c1-41-31-19-13-26(25-32(31)42-2)14-20-33(38)35-29-15-17-30(18-16-29)43(39,40)37-23-21-36(22-24-37)34(27-9-5-3-6-10-27)28-11-7-4-8-12-28/h3-20,25,34H,21-24H2,1-2H3,(H,35,38)/b20-14+. The van der Waals surface area contributed by atoms with Crippen LogP contribution in [0.3, 0.4) is 0 Å². The lowest BCUT2D eigenvalue weighted by atomic mass is 9.96. The summed E-state index contributed by atoms with van der Waals surface area (Å²) in [7, 11) is -0.574. The maximum Gasteiger partial charge on any atom is 0.248 e. The first kappa shape index (κ1) is 30.0. The zero-order chi connectivity index (χ0) is 30.2. The van der Waals surface area contributed by atoms with E-state index in [0.29, 0.717) is 43.4 Å².